The number of phosphoric ester groups is 1. The Hall–Kier alpha value is -2.81. The maximum absolute atomic E-state index is 12.5. The van der Waals surface area contributed by atoms with Crippen molar-refractivity contribution < 1.29 is 37.6 Å². The van der Waals surface area contributed by atoms with Crippen LogP contribution in [-0.2, 0) is 32.7 Å². The summed E-state index contributed by atoms with van der Waals surface area (Å²) in [7, 11) is -4.40. The molecule has 0 aliphatic rings. The van der Waals surface area contributed by atoms with E-state index in [9.17, 15) is 19.0 Å². The Balaban J connectivity index is 4.34. The van der Waals surface area contributed by atoms with Crippen molar-refractivity contribution >= 4 is 19.8 Å². The lowest BCUT2D eigenvalue weighted by Crippen LogP contribution is -2.29. The van der Waals surface area contributed by atoms with Crippen LogP contribution in [0.3, 0.4) is 0 Å². The molecule has 3 N–H and O–H groups in total. The Kier molecular flexibility index (Phi) is 38.8. The number of carbonyl (C=O) groups excluding carboxylic acids is 2. The van der Waals surface area contributed by atoms with Crippen molar-refractivity contribution in [2.45, 2.75) is 161 Å². The predicted octanol–water partition coefficient (Wildman–Crippen LogP) is 12.0. The zero-order chi connectivity index (χ0) is 40.3. The summed E-state index contributed by atoms with van der Waals surface area (Å²) in [5.41, 5.74) is 5.34. The zero-order valence-electron chi connectivity index (χ0n) is 34.4. The molecule has 0 saturated carbocycles. The van der Waals surface area contributed by atoms with Crippen LogP contribution < -0.4 is 5.73 Å². The van der Waals surface area contributed by atoms with Crippen LogP contribution in [0.4, 0.5) is 0 Å². The van der Waals surface area contributed by atoms with Gasteiger partial charge < -0.3 is 20.1 Å². The van der Waals surface area contributed by atoms with Crippen LogP contribution in [0.1, 0.15) is 155 Å². The average Bonchev–Trinajstić information content (AvgIpc) is 3.17. The third-order valence-corrected chi connectivity index (χ3v) is 9.24. The molecule has 0 aliphatic carbocycles. The van der Waals surface area contributed by atoms with Crippen molar-refractivity contribution in [2.24, 2.45) is 5.73 Å². The largest absolute Gasteiger partial charge is 0.472 e. The first-order valence-electron chi connectivity index (χ1n) is 21.1. The molecular formula is C45H76NO8P. The van der Waals surface area contributed by atoms with E-state index in [0.29, 0.717) is 19.3 Å². The van der Waals surface area contributed by atoms with Crippen molar-refractivity contribution in [3.05, 3.63) is 85.1 Å². The van der Waals surface area contributed by atoms with Crippen molar-refractivity contribution in [2.75, 3.05) is 26.4 Å². The summed E-state index contributed by atoms with van der Waals surface area (Å²) in [6.45, 7) is 3.56. The fourth-order valence-corrected chi connectivity index (χ4v) is 5.87. The summed E-state index contributed by atoms with van der Waals surface area (Å²) in [4.78, 5) is 34.8. The number of unbranched alkanes of at least 4 members (excludes halogenated alkanes) is 11. The SMILES string of the molecule is CCCCC/C=C\C/C=C\C/C=C\C/C=C\CCCC(=O)O[C@H](COC(=O)CCCCCC/C=C\C/C=C\C/C=C\CCCCC)COP(=O)(O)OCCN. The van der Waals surface area contributed by atoms with Gasteiger partial charge in [-0.3, -0.25) is 18.6 Å². The van der Waals surface area contributed by atoms with Gasteiger partial charge in [0.2, 0.25) is 0 Å². The van der Waals surface area contributed by atoms with E-state index in [4.69, 9.17) is 24.3 Å². The lowest BCUT2D eigenvalue weighted by Gasteiger charge is -2.19. The smallest absolute Gasteiger partial charge is 0.462 e. The number of hydrogen-bond acceptors (Lipinski definition) is 8. The Morgan fingerprint density at radius 1 is 0.545 bits per heavy atom. The molecule has 0 aliphatic heterocycles. The molecule has 0 heterocycles. The van der Waals surface area contributed by atoms with Gasteiger partial charge in [0.1, 0.15) is 6.61 Å². The Morgan fingerprint density at radius 3 is 1.44 bits per heavy atom. The lowest BCUT2D eigenvalue weighted by molar-refractivity contribution is -0.161. The van der Waals surface area contributed by atoms with Gasteiger partial charge in [0, 0.05) is 19.4 Å². The number of carbonyl (C=O) groups is 2. The molecule has 55 heavy (non-hydrogen) atoms. The van der Waals surface area contributed by atoms with Gasteiger partial charge in [0.05, 0.1) is 13.2 Å². The van der Waals surface area contributed by atoms with Gasteiger partial charge in [0.15, 0.2) is 6.10 Å². The van der Waals surface area contributed by atoms with E-state index in [1.165, 1.54) is 51.4 Å². The summed E-state index contributed by atoms with van der Waals surface area (Å²) in [6.07, 6.45) is 50.4. The van der Waals surface area contributed by atoms with Gasteiger partial charge in [-0.25, -0.2) is 4.57 Å². The number of nitrogens with two attached hydrogens (primary N) is 1. The van der Waals surface area contributed by atoms with Gasteiger partial charge in [0.25, 0.3) is 0 Å². The third kappa shape index (κ3) is 40.7. The third-order valence-electron chi connectivity index (χ3n) is 8.25. The number of allylic oxidation sites excluding steroid dienone is 14. The normalized spacial score (nSPS) is 14.2. The second kappa shape index (κ2) is 40.8. The fraction of sp³-hybridized carbons (Fsp3) is 0.644. The van der Waals surface area contributed by atoms with E-state index in [0.717, 1.165) is 57.8 Å². The van der Waals surface area contributed by atoms with E-state index >= 15 is 0 Å². The zero-order valence-corrected chi connectivity index (χ0v) is 35.3. The minimum atomic E-state index is -4.40. The molecule has 0 aromatic heterocycles. The van der Waals surface area contributed by atoms with Gasteiger partial charge in [-0.1, -0.05) is 137 Å². The lowest BCUT2D eigenvalue weighted by atomic mass is 10.1. The summed E-state index contributed by atoms with van der Waals surface area (Å²) in [5.74, 6) is -0.929. The second-order valence-electron chi connectivity index (χ2n) is 13.5. The van der Waals surface area contributed by atoms with E-state index in [-0.39, 0.29) is 32.6 Å². The molecule has 0 aromatic carbocycles. The summed E-state index contributed by atoms with van der Waals surface area (Å²) < 4.78 is 32.7. The van der Waals surface area contributed by atoms with E-state index in [1.54, 1.807) is 0 Å². The fourth-order valence-electron chi connectivity index (χ4n) is 5.10. The Morgan fingerprint density at radius 2 is 0.964 bits per heavy atom. The molecule has 0 rings (SSSR count). The highest BCUT2D eigenvalue weighted by Crippen LogP contribution is 2.43. The van der Waals surface area contributed by atoms with Gasteiger partial charge in [-0.05, 0) is 89.9 Å². The molecule has 0 bridgehead atoms. The van der Waals surface area contributed by atoms with Gasteiger partial charge >= 0.3 is 19.8 Å². The molecule has 2 atom stereocenters. The first-order valence-corrected chi connectivity index (χ1v) is 22.6. The molecule has 1 unspecified atom stereocenters. The first kappa shape index (κ1) is 52.2. The van der Waals surface area contributed by atoms with E-state index < -0.39 is 32.5 Å². The first-order chi connectivity index (χ1) is 26.8. The molecule has 0 amide bonds. The van der Waals surface area contributed by atoms with Gasteiger partial charge in [-0.15, -0.1) is 0 Å². The molecular weight excluding hydrogens is 713 g/mol. The van der Waals surface area contributed by atoms with Crippen LogP contribution in [0.5, 0.6) is 0 Å². The second-order valence-corrected chi connectivity index (χ2v) is 14.9. The highest BCUT2D eigenvalue weighted by molar-refractivity contribution is 7.47. The maximum atomic E-state index is 12.5. The summed E-state index contributed by atoms with van der Waals surface area (Å²) in [5, 5.41) is 0. The number of esters is 2. The Labute approximate surface area is 334 Å². The molecule has 0 fully saturated rings. The van der Waals surface area contributed by atoms with Crippen LogP contribution in [-0.4, -0.2) is 49.3 Å². The van der Waals surface area contributed by atoms with E-state index in [1.807, 2.05) is 6.08 Å². The standard InChI is InChI=1S/C45H76NO8P/c1-3-5-7-9-11-13-15-17-19-21-23-25-27-29-31-33-35-37-44(47)51-41-43(42-53-55(49,50)52-40-39-46)54-45(48)38-36-34-32-30-28-26-24-22-20-18-16-14-12-10-8-6-4-2/h11-14,17-20,23-26,30,32,43H,3-10,15-16,21-22,27-29,31,33-42,46H2,1-2H3,(H,49,50)/b13-11-,14-12-,19-17-,20-18-,25-23-,26-24-,32-30-/t43-/m1/s1. The van der Waals surface area contributed by atoms with Crippen LogP contribution in [0.2, 0.25) is 0 Å². The monoisotopic (exact) mass is 790 g/mol. The number of rotatable bonds is 38. The van der Waals surface area contributed by atoms with Crippen LogP contribution in [0.15, 0.2) is 85.1 Å². The number of ether oxygens (including phenoxy) is 2. The number of phosphoric acid groups is 1. The van der Waals surface area contributed by atoms with Crippen LogP contribution >= 0.6 is 7.82 Å². The average molecular weight is 790 g/mol. The minimum absolute atomic E-state index is 0.0370. The highest BCUT2D eigenvalue weighted by atomic mass is 31.2. The predicted molar refractivity (Wildman–Crippen MR) is 229 cm³/mol. The molecule has 10 heteroatoms. The van der Waals surface area contributed by atoms with Crippen molar-refractivity contribution in [3.63, 3.8) is 0 Å². The van der Waals surface area contributed by atoms with Crippen LogP contribution in [0.25, 0.3) is 0 Å². The molecule has 9 nitrogen and oxygen atoms in total. The van der Waals surface area contributed by atoms with E-state index in [2.05, 4.69) is 92.8 Å². The molecule has 314 valence electrons. The minimum Gasteiger partial charge on any atom is -0.462 e. The molecule has 0 aromatic rings. The van der Waals surface area contributed by atoms with Crippen molar-refractivity contribution in [1.82, 2.24) is 0 Å². The highest BCUT2D eigenvalue weighted by Gasteiger charge is 2.25. The molecule has 0 spiro atoms. The van der Waals surface area contributed by atoms with Gasteiger partial charge in [-0.2, -0.15) is 0 Å². The molecule has 0 radical (unpaired) electrons. The van der Waals surface area contributed by atoms with Crippen molar-refractivity contribution in [3.8, 4) is 0 Å². The summed E-state index contributed by atoms with van der Waals surface area (Å²) >= 11 is 0. The Bertz CT molecular complexity index is 1170. The molecule has 0 saturated heterocycles. The summed E-state index contributed by atoms with van der Waals surface area (Å²) in [6, 6.07) is 0. The number of hydrogen-bond donors (Lipinski definition) is 2. The quantitative estimate of drug-likeness (QED) is 0.0271. The maximum Gasteiger partial charge on any atom is 0.472 e. The van der Waals surface area contributed by atoms with Crippen molar-refractivity contribution in [1.29, 1.82) is 0 Å². The van der Waals surface area contributed by atoms with Crippen LogP contribution in [0, 0.1) is 0 Å². The topological polar surface area (TPSA) is 134 Å².